The third-order valence-electron chi connectivity index (χ3n) is 5.80. The van der Waals surface area contributed by atoms with Crippen LogP contribution in [0.5, 0.6) is 11.5 Å². The smallest absolute Gasteiger partial charge is 0.234 e. The van der Waals surface area contributed by atoms with Crippen molar-refractivity contribution in [3.8, 4) is 11.5 Å². The minimum atomic E-state index is -0.0215. The number of rotatable bonds is 7. The van der Waals surface area contributed by atoms with Gasteiger partial charge in [0, 0.05) is 23.0 Å². The lowest BCUT2D eigenvalue weighted by Crippen LogP contribution is -2.43. The summed E-state index contributed by atoms with van der Waals surface area (Å²) in [5.41, 5.74) is 1.81. The fourth-order valence-electron chi connectivity index (χ4n) is 4.04. The Morgan fingerprint density at radius 1 is 1.00 bits per heavy atom. The molecule has 0 aliphatic carbocycles. The topological polar surface area (TPSA) is 67.9 Å². The maximum absolute atomic E-state index is 12.9. The first-order valence-corrected chi connectivity index (χ1v) is 11.1. The van der Waals surface area contributed by atoms with Crippen molar-refractivity contribution in [3.63, 3.8) is 0 Å². The Balaban J connectivity index is 1.20. The molecule has 2 heterocycles. The molecule has 0 unspecified atom stereocenters. The van der Waals surface area contributed by atoms with Gasteiger partial charge in [-0.3, -0.25) is 14.5 Å². The highest BCUT2D eigenvalue weighted by molar-refractivity contribution is 6.30. The molecule has 2 aromatic carbocycles. The van der Waals surface area contributed by atoms with Crippen molar-refractivity contribution in [1.82, 2.24) is 10.2 Å². The lowest BCUT2D eigenvalue weighted by Gasteiger charge is -2.30. The molecule has 0 bridgehead atoms. The predicted octanol–water partition coefficient (Wildman–Crippen LogP) is 3.36. The van der Waals surface area contributed by atoms with Crippen molar-refractivity contribution in [2.24, 2.45) is 5.92 Å². The SMILES string of the molecule is O=C(CN1CCC(C(=O)c2ccc3c(c2)OCCO3)CC1)NCCc1ccc(Cl)cc1. The molecule has 1 fully saturated rings. The Labute approximate surface area is 187 Å². The van der Waals surface area contributed by atoms with Crippen molar-refractivity contribution in [2.45, 2.75) is 19.3 Å². The fourth-order valence-corrected chi connectivity index (χ4v) is 4.17. The van der Waals surface area contributed by atoms with Gasteiger partial charge in [0.2, 0.25) is 5.91 Å². The van der Waals surface area contributed by atoms with Crippen molar-refractivity contribution in [3.05, 3.63) is 58.6 Å². The summed E-state index contributed by atoms with van der Waals surface area (Å²) in [7, 11) is 0. The highest BCUT2D eigenvalue weighted by atomic mass is 35.5. The molecule has 31 heavy (non-hydrogen) atoms. The maximum atomic E-state index is 12.9. The van der Waals surface area contributed by atoms with Crippen molar-refractivity contribution in [2.75, 3.05) is 39.4 Å². The maximum Gasteiger partial charge on any atom is 0.234 e. The summed E-state index contributed by atoms with van der Waals surface area (Å²) in [6.45, 7) is 3.49. The Kier molecular flexibility index (Phi) is 7.10. The molecule has 0 spiro atoms. The molecule has 0 saturated carbocycles. The number of halogens is 1. The van der Waals surface area contributed by atoms with E-state index in [1.165, 1.54) is 0 Å². The minimum absolute atomic E-state index is 0.0191. The summed E-state index contributed by atoms with van der Waals surface area (Å²) in [6.07, 6.45) is 2.28. The summed E-state index contributed by atoms with van der Waals surface area (Å²) in [5, 5.41) is 3.69. The number of Topliss-reactive ketones (excluding diaryl/α,β-unsaturated/α-hetero) is 1. The molecule has 1 amide bonds. The third kappa shape index (κ3) is 5.77. The van der Waals surface area contributed by atoms with Gasteiger partial charge < -0.3 is 14.8 Å². The van der Waals surface area contributed by atoms with Crippen LogP contribution >= 0.6 is 11.6 Å². The number of carbonyl (C=O) groups is 2. The van der Waals surface area contributed by atoms with E-state index in [2.05, 4.69) is 10.2 Å². The van der Waals surface area contributed by atoms with Crippen LogP contribution in [0.1, 0.15) is 28.8 Å². The Bertz CT molecular complexity index is 924. The first kappa shape index (κ1) is 21.7. The van der Waals surface area contributed by atoms with Gasteiger partial charge in [-0.2, -0.15) is 0 Å². The van der Waals surface area contributed by atoms with Gasteiger partial charge in [-0.05, 0) is 68.2 Å². The van der Waals surface area contributed by atoms with Crippen molar-refractivity contribution in [1.29, 1.82) is 0 Å². The number of ketones is 1. The number of benzene rings is 2. The van der Waals surface area contributed by atoms with Gasteiger partial charge >= 0.3 is 0 Å². The number of fused-ring (bicyclic) bond motifs is 1. The zero-order valence-electron chi connectivity index (χ0n) is 17.4. The van der Waals surface area contributed by atoms with E-state index in [-0.39, 0.29) is 17.6 Å². The second-order valence-electron chi connectivity index (χ2n) is 8.00. The van der Waals surface area contributed by atoms with Gasteiger partial charge in [0.25, 0.3) is 0 Å². The first-order valence-electron chi connectivity index (χ1n) is 10.8. The number of amides is 1. The molecule has 0 radical (unpaired) electrons. The number of piperidine rings is 1. The number of ether oxygens (including phenoxy) is 2. The summed E-state index contributed by atoms with van der Waals surface area (Å²) < 4.78 is 11.1. The van der Waals surface area contributed by atoms with Crippen LogP contribution in [-0.2, 0) is 11.2 Å². The molecule has 4 rings (SSSR count). The van der Waals surface area contributed by atoms with E-state index < -0.39 is 0 Å². The quantitative estimate of drug-likeness (QED) is 0.666. The van der Waals surface area contributed by atoms with Gasteiger partial charge in [-0.1, -0.05) is 23.7 Å². The zero-order chi connectivity index (χ0) is 21.6. The summed E-state index contributed by atoms with van der Waals surface area (Å²) in [5.74, 6) is 1.48. The van der Waals surface area contributed by atoms with Gasteiger partial charge in [-0.15, -0.1) is 0 Å². The van der Waals surface area contributed by atoms with E-state index >= 15 is 0 Å². The lowest BCUT2D eigenvalue weighted by atomic mass is 9.88. The number of hydrogen-bond acceptors (Lipinski definition) is 5. The van der Waals surface area contributed by atoms with E-state index in [9.17, 15) is 9.59 Å². The van der Waals surface area contributed by atoms with Gasteiger partial charge in [-0.25, -0.2) is 0 Å². The van der Waals surface area contributed by atoms with Crippen molar-refractivity contribution < 1.29 is 19.1 Å². The van der Waals surface area contributed by atoms with Crippen LogP contribution in [0.4, 0.5) is 0 Å². The Morgan fingerprint density at radius 3 is 2.45 bits per heavy atom. The fraction of sp³-hybridized carbons (Fsp3) is 0.417. The highest BCUT2D eigenvalue weighted by Gasteiger charge is 2.27. The molecule has 7 heteroatoms. The lowest BCUT2D eigenvalue weighted by molar-refractivity contribution is -0.122. The van der Waals surface area contributed by atoms with Gasteiger partial charge in [0.15, 0.2) is 17.3 Å². The zero-order valence-corrected chi connectivity index (χ0v) is 18.2. The number of nitrogens with one attached hydrogen (secondary N) is 1. The van der Waals surface area contributed by atoms with Gasteiger partial charge in [0.05, 0.1) is 6.54 Å². The average Bonchev–Trinajstić information content (AvgIpc) is 2.80. The van der Waals surface area contributed by atoms with E-state index in [0.29, 0.717) is 48.4 Å². The molecular formula is C24H27ClN2O4. The molecular weight excluding hydrogens is 416 g/mol. The molecule has 1 N–H and O–H groups in total. The highest BCUT2D eigenvalue weighted by Crippen LogP contribution is 2.32. The minimum Gasteiger partial charge on any atom is -0.486 e. The normalized spacial score (nSPS) is 16.7. The predicted molar refractivity (Wildman–Crippen MR) is 119 cm³/mol. The van der Waals surface area contributed by atoms with Crippen molar-refractivity contribution >= 4 is 23.3 Å². The van der Waals surface area contributed by atoms with Crippen LogP contribution in [0.25, 0.3) is 0 Å². The summed E-state index contributed by atoms with van der Waals surface area (Å²) in [4.78, 5) is 27.3. The third-order valence-corrected chi connectivity index (χ3v) is 6.05. The first-order chi connectivity index (χ1) is 15.1. The summed E-state index contributed by atoms with van der Waals surface area (Å²) >= 11 is 5.89. The van der Waals surface area contributed by atoms with E-state index in [1.807, 2.05) is 36.4 Å². The molecule has 0 aromatic heterocycles. The molecule has 6 nitrogen and oxygen atoms in total. The van der Waals surface area contributed by atoms with Crippen LogP contribution in [-0.4, -0.2) is 56.0 Å². The molecule has 2 aromatic rings. The van der Waals surface area contributed by atoms with E-state index in [1.54, 1.807) is 6.07 Å². The van der Waals surface area contributed by atoms with Crippen LogP contribution < -0.4 is 14.8 Å². The number of hydrogen-bond donors (Lipinski definition) is 1. The molecule has 0 atom stereocenters. The average molecular weight is 443 g/mol. The van der Waals surface area contributed by atoms with Crippen LogP contribution in [0.2, 0.25) is 5.02 Å². The van der Waals surface area contributed by atoms with Crippen LogP contribution in [0.15, 0.2) is 42.5 Å². The second kappa shape index (κ2) is 10.2. The molecule has 2 aliphatic heterocycles. The molecule has 164 valence electrons. The number of carbonyl (C=O) groups excluding carboxylic acids is 2. The van der Waals surface area contributed by atoms with E-state index in [0.717, 1.165) is 37.9 Å². The standard InChI is InChI=1S/C24H27ClN2O4/c25-20-4-1-17(2-5-20)7-10-26-23(28)16-27-11-8-18(9-12-27)24(29)19-3-6-21-22(15-19)31-14-13-30-21/h1-6,15,18H,7-14,16H2,(H,26,28). The largest absolute Gasteiger partial charge is 0.486 e. The number of likely N-dealkylation sites (tertiary alicyclic amines) is 1. The molecule has 1 saturated heterocycles. The van der Waals surface area contributed by atoms with Crippen LogP contribution in [0, 0.1) is 5.92 Å². The van der Waals surface area contributed by atoms with Crippen LogP contribution in [0.3, 0.4) is 0 Å². The second-order valence-corrected chi connectivity index (χ2v) is 8.44. The molecule has 2 aliphatic rings. The number of nitrogens with zero attached hydrogens (tertiary/aromatic N) is 1. The monoisotopic (exact) mass is 442 g/mol. The Hall–Kier alpha value is -2.57. The van der Waals surface area contributed by atoms with E-state index in [4.69, 9.17) is 21.1 Å². The Morgan fingerprint density at radius 2 is 1.71 bits per heavy atom. The summed E-state index contributed by atoms with van der Waals surface area (Å²) in [6, 6.07) is 13.1. The van der Waals surface area contributed by atoms with Gasteiger partial charge in [0.1, 0.15) is 13.2 Å².